The highest BCUT2D eigenvalue weighted by Crippen LogP contribution is 2.27. The highest BCUT2D eigenvalue weighted by atomic mass is 79.9. The Morgan fingerprint density at radius 2 is 1.79 bits per heavy atom. The van der Waals surface area contributed by atoms with Crippen molar-refractivity contribution in [3.05, 3.63) is 33.4 Å². The van der Waals surface area contributed by atoms with Gasteiger partial charge in [0.25, 0.3) is 0 Å². The molecule has 1 aromatic rings. The summed E-state index contributed by atoms with van der Waals surface area (Å²) in [7, 11) is 2.33. The summed E-state index contributed by atoms with van der Waals surface area (Å²) in [6, 6.07) is 4.65. The molecule has 0 aliphatic heterocycles. The van der Waals surface area contributed by atoms with Crippen molar-refractivity contribution < 1.29 is 30.0 Å². The molecule has 1 aromatic carbocycles. The number of carbonyl (C=O) groups is 2. The van der Waals surface area contributed by atoms with E-state index >= 15 is 0 Å². The van der Waals surface area contributed by atoms with Gasteiger partial charge in [-0.1, -0.05) is 22.0 Å². The molecule has 106 valence electrons. The normalized spacial score (nSPS) is 9.74. The van der Waals surface area contributed by atoms with Gasteiger partial charge in [0.15, 0.2) is 5.92 Å². The molecule has 0 aliphatic rings. The van der Waals surface area contributed by atoms with Gasteiger partial charge in [0, 0.05) is 16.1 Å². The van der Waals surface area contributed by atoms with Crippen molar-refractivity contribution in [2.45, 2.75) is 5.92 Å². The second-order valence-corrected chi connectivity index (χ2v) is 4.29. The second-order valence-electron chi connectivity index (χ2n) is 3.37. The Labute approximate surface area is 117 Å². The van der Waals surface area contributed by atoms with E-state index in [-0.39, 0.29) is 16.7 Å². The van der Waals surface area contributed by atoms with E-state index in [0.717, 1.165) is 14.2 Å². The number of hydrogen-bond acceptors (Lipinski definition) is 5. The molecular formula is C11H14BrNO6. The predicted molar refractivity (Wildman–Crippen MR) is 69.5 cm³/mol. The molecule has 0 atom stereocenters. The number of methoxy groups -OCH3 is 2. The Kier molecular flexibility index (Phi) is 7.23. The summed E-state index contributed by atoms with van der Waals surface area (Å²) in [5.41, 5.74) is 1.05. The number of benzene rings is 1. The second kappa shape index (κ2) is 7.85. The summed E-state index contributed by atoms with van der Waals surface area (Å²) >= 11 is 3.20. The van der Waals surface area contributed by atoms with Gasteiger partial charge in [-0.05, 0) is 6.07 Å². The molecule has 0 saturated heterocycles. The maximum absolute atomic E-state index is 11.6. The van der Waals surface area contributed by atoms with E-state index in [1.165, 1.54) is 12.1 Å². The third kappa shape index (κ3) is 4.00. The number of hydrogen-bond donors (Lipinski definition) is 1. The number of rotatable bonds is 4. The van der Waals surface area contributed by atoms with Crippen molar-refractivity contribution in [1.82, 2.24) is 0 Å². The third-order valence-electron chi connectivity index (χ3n) is 2.36. The van der Waals surface area contributed by atoms with Crippen LogP contribution in [0.5, 0.6) is 0 Å². The van der Waals surface area contributed by atoms with Gasteiger partial charge in [0.2, 0.25) is 0 Å². The van der Waals surface area contributed by atoms with Crippen molar-refractivity contribution in [1.29, 1.82) is 0 Å². The monoisotopic (exact) mass is 335 g/mol. The first-order valence-corrected chi connectivity index (χ1v) is 5.74. The molecule has 0 aromatic heterocycles. The lowest BCUT2D eigenvalue weighted by Crippen LogP contribution is -2.70. The topological polar surface area (TPSA) is 124 Å². The fourth-order valence-corrected chi connectivity index (χ4v) is 1.88. The minimum Gasteiger partial charge on any atom is -0.630 e. The maximum Gasteiger partial charge on any atom is 0.324 e. The Bertz CT molecular complexity index is 448. The average molecular weight is 336 g/mol. The molecule has 0 saturated carbocycles. The SMILES string of the molecule is COC(=O)C(C(=O)OC)c1ccc(Br)cc1[NH2+][O-].O. The zero-order chi connectivity index (χ0) is 13.7. The van der Waals surface area contributed by atoms with Crippen LogP contribution in [0.3, 0.4) is 0 Å². The molecule has 7 nitrogen and oxygen atoms in total. The molecule has 19 heavy (non-hydrogen) atoms. The molecule has 8 heteroatoms. The number of ether oxygens (including phenoxy) is 2. The summed E-state index contributed by atoms with van der Waals surface area (Å²) in [4.78, 5) is 23.2. The zero-order valence-electron chi connectivity index (χ0n) is 10.3. The Morgan fingerprint density at radius 3 is 2.21 bits per heavy atom. The van der Waals surface area contributed by atoms with E-state index in [0.29, 0.717) is 9.95 Å². The standard InChI is InChI=1S/C11H12BrNO5.H2O/c1-17-10(14)9(11(15)18-2)7-4-3-6(12)5-8(7)13-16;/h3-5,9H,13H2,1-2H3;1H2. The Morgan fingerprint density at radius 1 is 1.26 bits per heavy atom. The largest absolute Gasteiger partial charge is 0.630 e. The molecule has 0 radical (unpaired) electrons. The molecule has 0 aliphatic carbocycles. The van der Waals surface area contributed by atoms with Crippen molar-refractivity contribution in [3.8, 4) is 0 Å². The number of halogens is 1. The van der Waals surface area contributed by atoms with Crippen molar-refractivity contribution in [3.63, 3.8) is 0 Å². The van der Waals surface area contributed by atoms with Crippen LogP contribution < -0.4 is 5.48 Å². The van der Waals surface area contributed by atoms with Gasteiger partial charge in [0.05, 0.1) is 14.2 Å². The van der Waals surface area contributed by atoms with Crippen LogP contribution in [0, 0.1) is 5.21 Å². The minimum atomic E-state index is -1.26. The molecule has 4 N–H and O–H groups in total. The van der Waals surface area contributed by atoms with Crippen LogP contribution in [0.15, 0.2) is 22.7 Å². The van der Waals surface area contributed by atoms with Crippen LogP contribution in [0.2, 0.25) is 0 Å². The molecular weight excluding hydrogens is 322 g/mol. The lowest BCUT2D eigenvalue weighted by atomic mass is 9.97. The van der Waals surface area contributed by atoms with E-state index in [9.17, 15) is 14.8 Å². The van der Waals surface area contributed by atoms with Gasteiger partial charge in [-0.2, -0.15) is 0 Å². The van der Waals surface area contributed by atoms with Crippen LogP contribution in [0.4, 0.5) is 5.69 Å². The average Bonchev–Trinajstić information content (AvgIpc) is 2.39. The van der Waals surface area contributed by atoms with Crippen LogP contribution in [0.25, 0.3) is 0 Å². The third-order valence-corrected chi connectivity index (χ3v) is 2.85. The summed E-state index contributed by atoms with van der Waals surface area (Å²) in [5.74, 6) is -2.80. The molecule has 0 amide bonds. The lowest BCUT2D eigenvalue weighted by molar-refractivity contribution is -0.497. The van der Waals surface area contributed by atoms with E-state index < -0.39 is 17.9 Å². The zero-order valence-corrected chi connectivity index (χ0v) is 11.9. The van der Waals surface area contributed by atoms with E-state index in [2.05, 4.69) is 25.4 Å². The number of carbonyl (C=O) groups excluding carboxylic acids is 2. The highest BCUT2D eigenvalue weighted by molar-refractivity contribution is 9.10. The first kappa shape index (κ1) is 17.5. The van der Waals surface area contributed by atoms with Crippen LogP contribution in [-0.2, 0) is 19.1 Å². The van der Waals surface area contributed by atoms with Gasteiger partial charge in [-0.15, -0.1) is 0 Å². The quantitative estimate of drug-likeness (QED) is 0.351. The number of nitrogens with two attached hydrogens (primary N) is 1. The van der Waals surface area contributed by atoms with Crippen molar-refractivity contribution in [2.24, 2.45) is 0 Å². The predicted octanol–water partition coefficient (Wildman–Crippen LogP) is -0.253. The van der Waals surface area contributed by atoms with Crippen molar-refractivity contribution >= 4 is 33.6 Å². The maximum atomic E-state index is 11.6. The van der Waals surface area contributed by atoms with Gasteiger partial charge in [-0.25, -0.2) is 0 Å². The van der Waals surface area contributed by atoms with Crippen molar-refractivity contribution in [2.75, 3.05) is 14.2 Å². The first-order chi connectivity index (χ1) is 8.54. The molecule has 0 spiro atoms. The summed E-state index contributed by atoms with van der Waals surface area (Å²) < 4.78 is 9.77. The smallest absolute Gasteiger partial charge is 0.324 e. The van der Waals surface area contributed by atoms with E-state index in [1.807, 2.05) is 0 Å². The fraction of sp³-hybridized carbons (Fsp3) is 0.273. The Hall–Kier alpha value is -1.48. The van der Waals surface area contributed by atoms with Gasteiger partial charge in [-0.3, -0.25) is 9.59 Å². The van der Waals surface area contributed by atoms with E-state index in [4.69, 9.17) is 0 Å². The van der Waals surface area contributed by atoms with Gasteiger partial charge >= 0.3 is 11.9 Å². The number of esters is 2. The summed E-state index contributed by atoms with van der Waals surface area (Å²) in [6.45, 7) is 0. The molecule has 1 rings (SSSR count). The molecule has 0 unspecified atom stereocenters. The lowest BCUT2D eigenvalue weighted by Gasteiger charge is -2.16. The molecule has 0 bridgehead atoms. The summed E-state index contributed by atoms with van der Waals surface area (Å²) in [5, 5.41) is 11.0. The van der Waals surface area contributed by atoms with Crippen LogP contribution in [-0.4, -0.2) is 31.6 Å². The summed E-state index contributed by atoms with van der Waals surface area (Å²) in [6.07, 6.45) is 0. The first-order valence-electron chi connectivity index (χ1n) is 4.95. The molecule has 0 fully saturated rings. The number of quaternary nitrogens is 1. The minimum absolute atomic E-state index is 0. The van der Waals surface area contributed by atoms with E-state index in [1.54, 1.807) is 6.07 Å². The van der Waals surface area contributed by atoms with Crippen LogP contribution >= 0.6 is 15.9 Å². The molecule has 0 heterocycles. The van der Waals surface area contributed by atoms with Gasteiger partial charge in [0.1, 0.15) is 5.69 Å². The fourth-order valence-electron chi connectivity index (χ4n) is 1.50. The van der Waals surface area contributed by atoms with Gasteiger partial charge < -0.3 is 25.6 Å². The Balaban J connectivity index is 0.00000324. The van der Waals surface area contributed by atoms with Crippen LogP contribution in [0.1, 0.15) is 11.5 Å². The highest BCUT2D eigenvalue weighted by Gasteiger charge is 2.33.